The number of thiophene rings is 1. The van der Waals surface area contributed by atoms with Crippen molar-refractivity contribution >= 4 is 27.3 Å². The molecule has 0 amide bonds. The molecule has 0 aliphatic rings. The summed E-state index contributed by atoms with van der Waals surface area (Å²) in [7, 11) is 0. The van der Waals surface area contributed by atoms with Crippen LogP contribution in [-0.4, -0.2) is 6.54 Å². The summed E-state index contributed by atoms with van der Waals surface area (Å²) in [6, 6.07) is 9.39. The van der Waals surface area contributed by atoms with Crippen molar-refractivity contribution in [2.75, 3.05) is 6.54 Å². The molecule has 1 unspecified atom stereocenters. The highest BCUT2D eigenvalue weighted by molar-refractivity contribution is 9.10. The molecule has 0 radical (unpaired) electrons. The van der Waals surface area contributed by atoms with Gasteiger partial charge >= 0.3 is 0 Å². The average Bonchev–Trinajstić information content (AvgIpc) is 2.88. The first-order chi connectivity index (χ1) is 9.15. The second-order valence-electron chi connectivity index (χ2n) is 4.34. The van der Waals surface area contributed by atoms with Crippen molar-refractivity contribution in [3.63, 3.8) is 0 Å². The van der Waals surface area contributed by atoms with Crippen LogP contribution in [0.5, 0.6) is 0 Å². The molecular formula is C15H17BrFNS. The van der Waals surface area contributed by atoms with Crippen LogP contribution in [0.25, 0.3) is 10.4 Å². The average molecular weight is 342 g/mol. The van der Waals surface area contributed by atoms with Gasteiger partial charge in [0.15, 0.2) is 0 Å². The monoisotopic (exact) mass is 341 g/mol. The molecule has 1 aromatic carbocycles. The van der Waals surface area contributed by atoms with Gasteiger partial charge in [0.2, 0.25) is 0 Å². The Bertz CT molecular complexity index is 553. The molecule has 1 N–H and O–H groups in total. The number of halogens is 2. The highest BCUT2D eigenvalue weighted by Gasteiger charge is 2.13. The SMILES string of the molecule is CCNC(CC)c1ccc(-c2cc(F)ccc2Br)s1. The Hall–Kier alpha value is -0.710. The second-order valence-corrected chi connectivity index (χ2v) is 6.31. The van der Waals surface area contributed by atoms with Crippen LogP contribution in [0.2, 0.25) is 0 Å². The summed E-state index contributed by atoms with van der Waals surface area (Å²) in [5.74, 6) is -0.202. The van der Waals surface area contributed by atoms with Crippen LogP contribution >= 0.6 is 27.3 Å². The minimum absolute atomic E-state index is 0.202. The van der Waals surface area contributed by atoms with Crippen LogP contribution in [0.1, 0.15) is 31.2 Å². The standard InChI is InChI=1S/C15H17BrFNS/c1-3-13(18-4-2)15-8-7-14(19-15)11-9-10(17)5-6-12(11)16/h5-9,13,18H,3-4H2,1-2H3. The van der Waals surface area contributed by atoms with Crippen LogP contribution in [0.15, 0.2) is 34.8 Å². The van der Waals surface area contributed by atoms with Gasteiger partial charge in [0.25, 0.3) is 0 Å². The molecule has 19 heavy (non-hydrogen) atoms. The summed E-state index contributed by atoms with van der Waals surface area (Å²) in [5, 5.41) is 3.46. The highest BCUT2D eigenvalue weighted by Crippen LogP contribution is 2.36. The molecule has 0 bridgehead atoms. The number of nitrogens with one attached hydrogen (secondary N) is 1. The fourth-order valence-electron chi connectivity index (χ4n) is 2.06. The topological polar surface area (TPSA) is 12.0 Å². The van der Waals surface area contributed by atoms with Crippen LogP contribution in [0, 0.1) is 5.82 Å². The number of hydrogen-bond donors (Lipinski definition) is 1. The molecule has 0 aliphatic heterocycles. The Morgan fingerprint density at radius 1 is 1.26 bits per heavy atom. The summed E-state index contributed by atoms with van der Waals surface area (Å²) in [4.78, 5) is 2.40. The van der Waals surface area contributed by atoms with Gasteiger partial charge in [0.1, 0.15) is 5.82 Å². The van der Waals surface area contributed by atoms with Crippen LogP contribution in [0.4, 0.5) is 4.39 Å². The van der Waals surface area contributed by atoms with E-state index in [1.807, 2.05) is 0 Å². The smallest absolute Gasteiger partial charge is 0.123 e. The molecule has 4 heteroatoms. The first kappa shape index (κ1) is 14.7. The van der Waals surface area contributed by atoms with E-state index in [1.54, 1.807) is 23.5 Å². The zero-order valence-corrected chi connectivity index (χ0v) is 13.4. The first-order valence-electron chi connectivity index (χ1n) is 6.44. The van der Waals surface area contributed by atoms with Crippen LogP contribution < -0.4 is 5.32 Å². The summed E-state index contributed by atoms with van der Waals surface area (Å²) in [5.41, 5.74) is 0.919. The third-order valence-corrected chi connectivity index (χ3v) is 4.95. The Balaban J connectivity index is 2.32. The molecule has 2 rings (SSSR count). The Morgan fingerprint density at radius 2 is 2.05 bits per heavy atom. The molecule has 2 aromatic rings. The van der Waals surface area contributed by atoms with E-state index in [1.165, 1.54) is 10.9 Å². The Labute approximate surface area is 126 Å². The lowest BCUT2D eigenvalue weighted by Gasteiger charge is -2.13. The lowest BCUT2D eigenvalue weighted by atomic mass is 10.1. The van der Waals surface area contributed by atoms with Crippen LogP contribution in [-0.2, 0) is 0 Å². The summed E-state index contributed by atoms with van der Waals surface area (Å²) < 4.78 is 14.3. The fourth-order valence-corrected chi connectivity index (χ4v) is 3.85. The molecule has 0 saturated heterocycles. The normalized spacial score (nSPS) is 12.6. The van der Waals surface area contributed by atoms with Crippen molar-refractivity contribution in [3.8, 4) is 10.4 Å². The van der Waals surface area contributed by atoms with Gasteiger partial charge in [0, 0.05) is 25.8 Å². The zero-order valence-electron chi connectivity index (χ0n) is 11.0. The van der Waals surface area contributed by atoms with Crippen molar-refractivity contribution in [3.05, 3.63) is 45.5 Å². The molecule has 1 aromatic heterocycles. The van der Waals surface area contributed by atoms with Crippen molar-refractivity contribution in [1.29, 1.82) is 0 Å². The maximum Gasteiger partial charge on any atom is 0.123 e. The number of benzene rings is 1. The van der Waals surface area contributed by atoms with Crippen molar-refractivity contribution in [2.24, 2.45) is 0 Å². The van der Waals surface area contributed by atoms with E-state index >= 15 is 0 Å². The predicted molar refractivity (Wildman–Crippen MR) is 84.1 cm³/mol. The number of hydrogen-bond acceptors (Lipinski definition) is 2. The largest absolute Gasteiger partial charge is 0.310 e. The van der Waals surface area contributed by atoms with Gasteiger partial charge in [0.05, 0.1) is 0 Å². The molecular weight excluding hydrogens is 325 g/mol. The van der Waals surface area contributed by atoms with Crippen molar-refractivity contribution in [2.45, 2.75) is 26.3 Å². The summed E-state index contributed by atoms with van der Waals surface area (Å²) in [6.45, 7) is 5.24. The fraction of sp³-hybridized carbons (Fsp3) is 0.333. The van der Waals surface area contributed by atoms with E-state index in [0.29, 0.717) is 6.04 Å². The molecule has 0 fully saturated rings. The maximum absolute atomic E-state index is 13.4. The molecule has 102 valence electrons. The molecule has 1 nitrogen and oxygen atoms in total. The molecule has 0 spiro atoms. The van der Waals surface area contributed by atoms with Crippen molar-refractivity contribution in [1.82, 2.24) is 5.32 Å². The molecule has 0 saturated carbocycles. The maximum atomic E-state index is 13.4. The van der Waals surface area contributed by atoms with Gasteiger partial charge in [-0.2, -0.15) is 0 Å². The molecule has 1 atom stereocenters. The van der Waals surface area contributed by atoms with Gasteiger partial charge in [-0.3, -0.25) is 0 Å². The quantitative estimate of drug-likeness (QED) is 0.769. The van der Waals surface area contributed by atoms with E-state index in [9.17, 15) is 4.39 Å². The van der Waals surface area contributed by atoms with Crippen LogP contribution in [0.3, 0.4) is 0 Å². The van der Waals surface area contributed by atoms with E-state index in [0.717, 1.165) is 27.9 Å². The van der Waals surface area contributed by atoms with E-state index in [-0.39, 0.29) is 5.82 Å². The minimum atomic E-state index is -0.202. The second kappa shape index (κ2) is 6.64. The molecule has 0 aliphatic carbocycles. The Kier molecular flexibility index (Phi) is 5.13. The molecule has 1 heterocycles. The Morgan fingerprint density at radius 3 is 2.74 bits per heavy atom. The van der Waals surface area contributed by atoms with E-state index in [4.69, 9.17) is 0 Å². The lowest BCUT2D eigenvalue weighted by molar-refractivity contribution is 0.545. The lowest BCUT2D eigenvalue weighted by Crippen LogP contribution is -2.18. The van der Waals surface area contributed by atoms with E-state index in [2.05, 4.69) is 47.2 Å². The third kappa shape index (κ3) is 3.44. The minimum Gasteiger partial charge on any atom is -0.310 e. The van der Waals surface area contributed by atoms with Gasteiger partial charge < -0.3 is 5.32 Å². The van der Waals surface area contributed by atoms with Gasteiger partial charge in [-0.25, -0.2) is 4.39 Å². The summed E-state index contributed by atoms with van der Waals surface area (Å²) >= 11 is 5.21. The van der Waals surface area contributed by atoms with Crippen molar-refractivity contribution < 1.29 is 4.39 Å². The zero-order chi connectivity index (χ0) is 13.8. The first-order valence-corrected chi connectivity index (χ1v) is 8.05. The number of rotatable bonds is 5. The van der Waals surface area contributed by atoms with Gasteiger partial charge in [-0.1, -0.05) is 29.8 Å². The highest BCUT2D eigenvalue weighted by atomic mass is 79.9. The predicted octanol–water partition coefficient (Wildman–Crippen LogP) is 5.38. The van der Waals surface area contributed by atoms with Gasteiger partial charge in [-0.15, -0.1) is 11.3 Å². The van der Waals surface area contributed by atoms with E-state index < -0.39 is 0 Å². The third-order valence-electron chi connectivity index (χ3n) is 3.02. The van der Waals surface area contributed by atoms with Gasteiger partial charge in [-0.05, 0) is 43.3 Å². The summed E-state index contributed by atoms with van der Waals surface area (Å²) in [6.07, 6.45) is 1.05.